The number of benzene rings is 2. The molecule has 2 aromatic carbocycles. The standard InChI is InChI=1S/C18H13Cl2N5O2/c19-12-6-4-10(5-7-12)14-9-15(26)21-18-23-17(24-25(14)18)22-16(27)11-2-1-3-13(20)8-11/h1-8,14H,9H2,(H2,21,22,23,24,26,27)/t14-/m1/s1. The number of nitrogens with zero attached hydrogens (tertiary/aromatic N) is 3. The predicted molar refractivity (Wildman–Crippen MR) is 102 cm³/mol. The zero-order chi connectivity index (χ0) is 19.0. The first-order chi connectivity index (χ1) is 13.0. The molecular weight excluding hydrogens is 389 g/mol. The Kier molecular flexibility index (Phi) is 4.55. The fraction of sp³-hybridized carbons (Fsp3) is 0.111. The van der Waals surface area contributed by atoms with Gasteiger partial charge in [-0.1, -0.05) is 41.4 Å². The highest BCUT2D eigenvalue weighted by atomic mass is 35.5. The first kappa shape index (κ1) is 17.5. The molecule has 1 aliphatic rings. The van der Waals surface area contributed by atoms with Crippen LogP contribution in [0.2, 0.25) is 10.0 Å². The van der Waals surface area contributed by atoms with E-state index in [2.05, 4.69) is 20.7 Å². The molecule has 27 heavy (non-hydrogen) atoms. The lowest BCUT2D eigenvalue weighted by molar-refractivity contribution is -0.117. The molecule has 136 valence electrons. The van der Waals surface area contributed by atoms with Gasteiger partial charge in [0, 0.05) is 15.6 Å². The third-order valence-corrected chi connectivity index (χ3v) is 4.61. The predicted octanol–water partition coefficient (Wildman–Crippen LogP) is 3.77. The van der Waals surface area contributed by atoms with Crippen molar-refractivity contribution in [2.24, 2.45) is 0 Å². The van der Waals surface area contributed by atoms with Gasteiger partial charge in [-0.2, -0.15) is 4.98 Å². The minimum absolute atomic E-state index is 0.0936. The maximum atomic E-state index is 12.4. The van der Waals surface area contributed by atoms with Crippen molar-refractivity contribution in [3.05, 3.63) is 69.7 Å². The number of carbonyl (C=O) groups excluding carboxylic acids is 2. The van der Waals surface area contributed by atoms with Gasteiger partial charge in [-0.3, -0.25) is 20.2 Å². The average Bonchev–Trinajstić information content (AvgIpc) is 3.03. The van der Waals surface area contributed by atoms with Gasteiger partial charge in [-0.15, -0.1) is 5.10 Å². The summed E-state index contributed by atoms with van der Waals surface area (Å²) in [5.74, 6) is -0.207. The third kappa shape index (κ3) is 3.65. The summed E-state index contributed by atoms with van der Waals surface area (Å²) in [6.07, 6.45) is 0.208. The molecule has 0 bridgehead atoms. The van der Waals surface area contributed by atoms with Gasteiger partial charge in [0.05, 0.1) is 12.5 Å². The number of anilines is 2. The van der Waals surface area contributed by atoms with Gasteiger partial charge >= 0.3 is 0 Å². The first-order valence-corrected chi connectivity index (χ1v) is 8.84. The fourth-order valence-corrected chi connectivity index (χ4v) is 3.18. The van der Waals surface area contributed by atoms with E-state index in [4.69, 9.17) is 23.2 Å². The van der Waals surface area contributed by atoms with Crippen molar-refractivity contribution in [2.75, 3.05) is 10.6 Å². The van der Waals surface area contributed by atoms with Gasteiger partial charge in [0.2, 0.25) is 11.9 Å². The summed E-state index contributed by atoms with van der Waals surface area (Å²) in [5.41, 5.74) is 1.25. The van der Waals surface area contributed by atoms with Gasteiger partial charge in [0.1, 0.15) is 0 Å². The van der Waals surface area contributed by atoms with Crippen molar-refractivity contribution in [3.63, 3.8) is 0 Å². The van der Waals surface area contributed by atoms with Crippen LogP contribution in [0.25, 0.3) is 0 Å². The first-order valence-electron chi connectivity index (χ1n) is 8.08. The van der Waals surface area contributed by atoms with Crippen LogP contribution >= 0.6 is 23.2 Å². The van der Waals surface area contributed by atoms with Crippen molar-refractivity contribution in [1.82, 2.24) is 14.8 Å². The second-order valence-electron chi connectivity index (χ2n) is 5.99. The minimum atomic E-state index is -0.394. The highest BCUT2D eigenvalue weighted by Gasteiger charge is 2.29. The monoisotopic (exact) mass is 401 g/mol. The molecule has 7 nitrogen and oxygen atoms in total. The lowest BCUT2D eigenvalue weighted by Crippen LogP contribution is -2.29. The number of nitrogens with one attached hydrogen (secondary N) is 2. The molecule has 0 unspecified atom stereocenters. The van der Waals surface area contributed by atoms with Crippen molar-refractivity contribution < 1.29 is 9.59 Å². The number of rotatable bonds is 3. The van der Waals surface area contributed by atoms with E-state index >= 15 is 0 Å². The van der Waals surface area contributed by atoms with E-state index in [9.17, 15) is 9.59 Å². The smallest absolute Gasteiger partial charge is 0.258 e. The van der Waals surface area contributed by atoms with Crippen LogP contribution in [0, 0.1) is 0 Å². The Morgan fingerprint density at radius 1 is 1.15 bits per heavy atom. The van der Waals surface area contributed by atoms with Crippen LogP contribution < -0.4 is 10.6 Å². The average molecular weight is 402 g/mol. The molecular formula is C18H13Cl2N5O2. The normalized spacial score (nSPS) is 15.8. The van der Waals surface area contributed by atoms with E-state index in [1.54, 1.807) is 41.1 Å². The molecule has 2 N–H and O–H groups in total. The second-order valence-corrected chi connectivity index (χ2v) is 6.86. The van der Waals surface area contributed by atoms with E-state index in [1.807, 2.05) is 12.1 Å². The topological polar surface area (TPSA) is 88.9 Å². The van der Waals surface area contributed by atoms with Gasteiger partial charge in [-0.25, -0.2) is 4.68 Å². The Bertz CT molecular complexity index is 1030. The van der Waals surface area contributed by atoms with Crippen LogP contribution in [0.5, 0.6) is 0 Å². The Balaban J connectivity index is 1.63. The van der Waals surface area contributed by atoms with Gasteiger partial charge in [-0.05, 0) is 35.9 Å². The van der Waals surface area contributed by atoms with E-state index in [1.165, 1.54) is 0 Å². The number of hydrogen-bond acceptors (Lipinski definition) is 4. The number of hydrogen-bond donors (Lipinski definition) is 2. The van der Waals surface area contributed by atoms with Crippen molar-refractivity contribution in [1.29, 1.82) is 0 Å². The molecule has 1 aliphatic heterocycles. The number of fused-ring (bicyclic) bond motifs is 1. The molecule has 3 aromatic rings. The maximum absolute atomic E-state index is 12.4. The van der Waals surface area contributed by atoms with Crippen molar-refractivity contribution in [3.8, 4) is 0 Å². The molecule has 0 saturated heterocycles. The summed E-state index contributed by atoms with van der Waals surface area (Å²) in [5, 5.41) is 10.7. The largest absolute Gasteiger partial charge is 0.295 e. The lowest BCUT2D eigenvalue weighted by Gasteiger charge is -2.23. The van der Waals surface area contributed by atoms with Gasteiger partial charge < -0.3 is 0 Å². The van der Waals surface area contributed by atoms with Gasteiger partial charge in [0.25, 0.3) is 11.9 Å². The minimum Gasteiger partial charge on any atom is -0.295 e. The Morgan fingerprint density at radius 3 is 2.67 bits per heavy atom. The molecule has 0 radical (unpaired) electrons. The zero-order valence-corrected chi connectivity index (χ0v) is 15.3. The highest BCUT2D eigenvalue weighted by Crippen LogP contribution is 2.30. The number of amides is 2. The van der Waals surface area contributed by atoms with Crippen LogP contribution in [-0.4, -0.2) is 26.6 Å². The quantitative estimate of drug-likeness (QED) is 0.698. The van der Waals surface area contributed by atoms with E-state index in [0.717, 1.165) is 5.56 Å². The fourth-order valence-electron chi connectivity index (χ4n) is 2.86. The van der Waals surface area contributed by atoms with Crippen LogP contribution in [0.4, 0.5) is 11.9 Å². The summed E-state index contributed by atoms with van der Waals surface area (Å²) in [7, 11) is 0. The molecule has 0 spiro atoms. The zero-order valence-electron chi connectivity index (χ0n) is 13.8. The number of halogens is 2. The second kappa shape index (κ2) is 7.02. The van der Waals surface area contributed by atoms with Crippen molar-refractivity contribution in [2.45, 2.75) is 12.5 Å². The van der Waals surface area contributed by atoms with Crippen molar-refractivity contribution >= 4 is 46.9 Å². The van der Waals surface area contributed by atoms with E-state index in [0.29, 0.717) is 15.6 Å². The molecule has 0 fully saturated rings. The van der Waals surface area contributed by atoms with Crippen LogP contribution in [0.3, 0.4) is 0 Å². The number of carbonyl (C=O) groups is 2. The summed E-state index contributed by atoms with van der Waals surface area (Å²) < 4.78 is 1.58. The molecule has 1 atom stereocenters. The Hall–Kier alpha value is -2.90. The molecule has 4 rings (SSSR count). The van der Waals surface area contributed by atoms with Crippen LogP contribution in [-0.2, 0) is 4.79 Å². The summed E-state index contributed by atoms with van der Waals surface area (Å²) >= 11 is 11.9. The molecule has 2 amide bonds. The number of aromatic nitrogens is 3. The third-order valence-electron chi connectivity index (χ3n) is 4.12. The summed E-state index contributed by atoms with van der Waals surface area (Å²) in [6.45, 7) is 0. The molecule has 2 heterocycles. The van der Waals surface area contributed by atoms with Crippen LogP contribution in [0.1, 0.15) is 28.4 Å². The van der Waals surface area contributed by atoms with E-state index in [-0.39, 0.29) is 30.3 Å². The maximum Gasteiger partial charge on any atom is 0.258 e. The van der Waals surface area contributed by atoms with Gasteiger partial charge in [0.15, 0.2) is 0 Å². The molecule has 9 heteroatoms. The molecule has 0 aliphatic carbocycles. The van der Waals surface area contributed by atoms with Crippen LogP contribution in [0.15, 0.2) is 48.5 Å². The lowest BCUT2D eigenvalue weighted by atomic mass is 10.0. The Morgan fingerprint density at radius 2 is 1.93 bits per heavy atom. The SMILES string of the molecule is O=C1C[C@H](c2ccc(Cl)cc2)n2nc(NC(=O)c3cccc(Cl)c3)nc2N1. The molecule has 1 aromatic heterocycles. The van der Waals surface area contributed by atoms with E-state index < -0.39 is 5.91 Å². The summed E-state index contributed by atoms with van der Waals surface area (Å²) in [6, 6.07) is 13.4. The summed E-state index contributed by atoms with van der Waals surface area (Å²) in [4.78, 5) is 28.6. The highest BCUT2D eigenvalue weighted by molar-refractivity contribution is 6.31. The Labute approximate surface area is 164 Å². The molecule has 0 saturated carbocycles.